The Labute approximate surface area is 165 Å². The molecule has 0 amide bonds. The van der Waals surface area contributed by atoms with Crippen molar-refractivity contribution in [3.05, 3.63) is 0 Å². The van der Waals surface area contributed by atoms with Gasteiger partial charge in [0.25, 0.3) is 0 Å². The number of rotatable bonds is 16. The number of unbranched alkanes of at least 4 members (excludes halogenated alkanes) is 14. The molecule has 0 aromatic rings. The van der Waals surface area contributed by atoms with Gasteiger partial charge >= 0.3 is 17.1 Å². The van der Waals surface area contributed by atoms with Crippen LogP contribution in [-0.2, 0) is 26.7 Å². The van der Waals surface area contributed by atoms with Gasteiger partial charge in [-0.15, -0.1) is 0 Å². The van der Waals surface area contributed by atoms with Crippen molar-refractivity contribution in [2.75, 3.05) is 0 Å². The van der Waals surface area contributed by atoms with E-state index in [0.29, 0.717) is 0 Å². The van der Waals surface area contributed by atoms with Gasteiger partial charge in [-0.1, -0.05) is 96.8 Å². The van der Waals surface area contributed by atoms with Gasteiger partial charge in [0.05, 0.1) is 0 Å². The predicted molar refractivity (Wildman–Crippen MR) is 95.2 cm³/mol. The zero-order chi connectivity index (χ0) is 18.5. The molecular weight excluding hydrogens is 359 g/mol. The molecule has 0 aliphatic heterocycles. The van der Waals surface area contributed by atoms with E-state index in [1.807, 2.05) is 0 Å². The average molecular weight is 397 g/mol. The number of hydrogen-bond acceptors (Lipinski definition) is 4. The molecule has 0 N–H and O–H groups in total. The van der Waals surface area contributed by atoms with Crippen LogP contribution in [0.15, 0.2) is 0 Å². The fourth-order valence-corrected chi connectivity index (χ4v) is 2.64. The molecule has 0 aromatic carbocycles. The summed E-state index contributed by atoms with van der Waals surface area (Å²) in [5.41, 5.74) is 0. The van der Waals surface area contributed by atoms with Crippen molar-refractivity contribution in [2.24, 2.45) is 0 Å². The zero-order valence-corrected chi connectivity index (χ0v) is 17.5. The molecule has 0 heterocycles. The number of aliphatic carboxylic acids is 2. The van der Waals surface area contributed by atoms with E-state index < -0.39 is 11.9 Å². The van der Waals surface area contributed by atoms with Gasteiger partial charge in [0, 0.05) is 11.9 Å². The molecule has 0 saturated heterocycles. The minimum Gasteiger partial charge on any atom is -0.550 e. The Bertz CT molecular complexity index is 279. The SMILES string of the molecule is CC(=O)[O-].CCCCCCCCCCCCCCCCCC(=O)[O-].[Mn+2]. The summed E-state index contributed by atoms with van der Waals surface area (Å²) in [4.78, 5) is 19.1. The number of carboxylic acid groups (broad SMARTS) is 2. The molecule has 0 aromatic heterocycles. The first-order chi connectivity index (χ1) is 11.5. The maximum Gasteiger partial charge on any atom is 2.00 e. The van der Waals surface area contributed by atoms with Crippen LogP contribution < -0.4 is 10.2 Å². The summed E-state index contributed by atoms with van der Waals surface area (Å²) in [7, 11) is 0. The molecule has 5 heteroatoms. The first-order valence-corrected chi connectivity index (χ1v) is 9.88. The number of hydrogen-bond donors (Lipinski definition) is 0. The molecule has 0 rings (SSSR count). The standard InChI is InChI=1S/C18H36O2.C2H4O2.Mn/c1-2-3-4-5-6-7-8-9-10-11-12-13-14-15-16-17-18(19)20;1-2(3)4;/h2-17H2,1H3,(H,19,20);1H3,(H,3,4);/q;;+2/p-2. The molecule has 25 heavy (non-hydrogen) atoms. The Balaban J connectivity index is -0.000000867. The van der Waals surface area contributed by atoms with Gasteiger partial charge in [-0.2, -0.15) is 0 Å². The monoisotopic (exact) mass is 397 g/mol. The molecule has 1 radical (unpaired) electrons. The Morgan fingerprint density at radius 1 is 0.600 bits per heavy atom. The second-order valence-corrected chi connectivity index (χ2v) is 6.56. The molecule has 0 fully saturated rings. The van der Waals surface area contributed by atoms with Crippen LogP contribution in [0.5, 0.6) is 0 Å². The minimum atomic E-state index is -1.08. The second kappa shape index (κ2) is 25.7. The number of carboxylic acids is 2. The van der Waals surface area contributed by atoms with Gasteiger partial charge < -0.3 is 19.8 Å². The fraction of sp³-hybridized carbons (Fsp3) is 0.900. The van der Waals surface area contributed by atoms with Crippen LogP contribution in [0.3, 0.4) is 0 Å². The summed E-state index contributed by atoms with van der Waals surface area (Å²) < 4.78 is 0. The molecule has 0 aliphatic carbocycles. The van der Waals surface area contributed by atoms with Crippen molar-refractivity contribution in [3.63, 3.8) is 0 Å². The topological polar surface area (TPSA) is 80.3 Å². The zero-order valence-electron chi connectivity index (χ0n) is 16.3. The van der Waals surface area contributed by atoms with Crippen LogP contribution >= 0.6 is 0 Å². The number of carbonyl (C=O) groups excluding carboxylic acids is 2. The molecular formula is C20H38MnO4. The molecule has 0 saturated carbocycles. The van der Waals surface area contributed by atoms with E-state index in [2.05, 4.69) is 6.92 Å². The van der Waals surface area contributed by atoms with Crippen LogP contribution in [0, 0.1) is 0 Å². The van der Waals surface area contributed by atoms with Gasteiger partial charge in [0.2, 0.25) is 0 Å². The van der Waals surface area contributed by atoms with Gasteiger partial charge in [0.15, 0.2) is 0 Å². The Kier molecular flexibility index (Phi) is 30.0. The van der Waals surface area contributed by atoms with Crippen molar-refractivity contribution >= 4 is 11.9 Å². The van der Waals surface area contributed by atoms with Crippen LogP contribution in [0.4, 0.5) is 0 Å². The van der Waals surface area contributed by atoms with Crippen LogP contribution in [0.25, 0.3) is 0 Å². The van der Waals surface area contributed by atoms with E-state index in [9.17, 15) is 9.90 Å². The van der Waals surface area contributed by atoms with E-state index in [0.717, 1.165) is 19.8 Å². The largest absolute Gasteiger partial charge is 2.00 e. The van der Waals surface area contributed by atoms with Crippen molar-refractivity contribution in [2.45, 2.75) is 117 Å². The van der Waals surface area contributed by atoms with E-state index in [1.165, 1.54) is 83.5 Å². The Morgan fingerprint density at radius 2 is 0.840 bits per heavy atom. The maximum absolute atomic E-state index is 10.2. The predicted octanol–water partition coefficient (Wildman–Crippen LogP) is 3.75. The van der Waals surface area contributed by atoms with Crippen LogP contribution in [0.2, 0.25) is 0 Å². The second-order valence-electron chi connectivity index (χ2n) is 6.56. The molecule has 0 spiro atoms. The van der Waals surface area contributed by atoms with Crippen LogP contribution in [0.1, 0.15) is 117 Å². The third-order valence-corrected chi connectivity index (χ3v) is 3.98. The summed E-state index contributed by atoms with van der Waals surface area (Å²) in [6.45, 7) is 3.24. The normalized spacial score (nSPS) is 9.68. The van der Waals surface area contributed by atoms with Crippen molar-refractivity contribution < 1.29 is 36.9 Å². The maximum atomic E-state index is 10.2. The van der Waals surface area contributed by atoms with Crippen LogP contribution in [-0.4, -0.2) is 11.9 Å². The van der Waals surface area contributed by atoms with Crippen molar-refractivity contribution in [3.8, 4) is 0 Å². The van der Waals surface area contributed by atoms with Gasteiger partial charge in [-0.05, 0) is 19.8 Å². The van der Waals surface area contributed by atoms with Gasteiger partial charge in [0.1, 0.15) is 0 Å². The summed E-state index contributed by atoms with van der Waals surface area (Å²) in [5, 5.41) is 19.1. The molecule has 0 atom stereocenters. The molecule has 0 bridgehead atoms. The van der Waals surface area contributed by atoms with E-state index in [4.69, 9.17) is 9.90 Å². The summed E-state index contributed by atoms with van der Waals surface area (Å²) >= 11 is 0. The first-order valence-electron chi connectivity index (χ1n) is 9.88. The third-order valence-electron chi connectivity index (χ3n) is 3.98. The molecule has 0 aliphatic rings. The smallest absolute Gasteiger partial charge is 0.550 e. The summed E-state index contributed by atoms with van der Waals surface area (Å²) in [5.74, 6) is -1.99. The van der Waals surface area contributed by atoms with Crippen molar-refractivity contribution in [1.82, 2.24) is 0 Å². The minimum absolute atomic E-state index is 0. The molecule has 0 unspecified atom stereocenters. The fourth-order valence-electron chi connectivity index (χ4n) is 2.64. The average Bonchev–Trinajstić information content (AvgIpc) is 2.50. The Hall–Kier alpha value is -0.541. The van der Waals surface area contributed by atoms with E-state index >= 15 is 0 Å². The summed E-state index contributed by atoms with van der Waals surface area (Å²) in [6.07, 6.45) is 19.9. The Morgan fingerprint density at radius 3 is 1.08 bits per heavy atom. The van der Waals surface area contributed by atoms with E-state index in [1.54, 1.807) is 0 Å². The quantitative estimate of drug-likeness (QED) is 0.293. The summed E-state index contributed by atoms with van der Waals surface area (Å²) in [6, 6.07) is 0. The number of carbonyl (C=O) groups is 2. The molecule has 149 valence electrons. The van der Waals surface area contributed by atoms with Gasteiger partial charge in [-0.3, -0.25) is 0 Å². The molecule has 4 nitrogen and oxygen atoms in total. The van der Waals surface area contributed by atoms with Crippen molar-refractivity contribution in [1.29, 1.82) is 0 Å². The van der Waals surface area contributed by atoms with Gasteiger partial charge in [-0.25, -0.2) is 0 Å². The third kappa shape index (κ3) is 39.9. The first kappa shape index (κ1) is 29.2. The van der Waals surface area contributed by atoms with E-state index in [-0.39, 0.29) is 23.5 Å².